The standard InChI is InChI=1S/C33H35N3O3/c1-5-27(24-12-7-6-8-13-24)33(38)35(23(2)3)22-31(37)36-29-15-10-9-14-28(29)34-21-11-16-30(34)32(36)25-17-19-26(39-4)20-18-25/h6-21,23,27,32H,5,22H2,1-4H3. The van der Waals surface area contributed by atoms with Crippen LogP contribution in [0.15, 0.2) is 97.2 Å². The Morgan fingerprint density at radius 2 is 1.54 bits per heavy atom. The molecule has 0 aliphatic carbocycles. The minimum Gasteiger partial charge on any atom is -0.497 e. The van der Waals surface area contributed by atoms with E-state index in [-0.39, 0.29) is 36.4 Å². The van der Waals surface area contributed by atoms with Crippen molar-refractivity contribution in [3.63, 3.8) is 0 Å². The zero-order chi connectivity index (χ0) is 27.5. The highest BCUT2D eigenvalue weighted by Crippen LogP contribution is 2.42. The van der Waals surface area contributed by atoms with Gasteiger partial charge in [-0.3, -0.25) is 14.5 Å². The molecule has 39 heavy (non-hydrogen) atoms. The van der Waals surface area contributed by atoms with Crippen molar-refractivity contribution in [2.24, 2.45) is 0 Å². The van der Waals surface area contributed by atoms with Crippen molar-refractivity contribution in [2.75, 3.05) is 18.6 Å². The molecule has 200 valence electrons. The van der Waals surface area contributed by atoms with Crippen molar-refractivity contribution in [3.05, 3.63) is 114 Å². The second-order valence-corrected chi connectivity index (χ2v) is 10.2. The van der Waals surface area contributed by atoms with Crippen molar-refractivity contribution in [3.8, 4) is 11.4 Å². The Morgan fingerprint density at radius 1 is 0.872 bits per heavy atom. The minimum absolute atomic E-state index is 0.0124. The topological polar surface area (TPSA) is 54.8 Å². The number of aromatic nitrogens is 1. The fourth-order valence-corrected chi connectivity index (χ4v) is 5.54. The molecule has 3 aromatic carbocycles. The number of carbonyl (C=O) groups is 2. The van der Waals surface area contributed by atoms with E-state index >= 15 is 0 Å². The average molecular weight is 522 g/mol. The lowest BCUT2D eigenvalue weighted by atomic mass is 9.94. The maximum absolute atomic E-state index is 14.4. The van der Waals surface area contributed by atoms with Gasteiger partial charge in [0.2, 0.25) is 11.8 Å². The van der Waals surface area contributed by atoms with Crippen LogP contribution in [0.3, 0.4) is 0 Å². The van der Waals surface area contributed by atoms with E-state index in [4.69, 9.17) is 4.74 Å². The lowest BCUT2D eigenvalue weighted by Gasteiger charge is -2.40. The number of methoxy groups -OCH3 is 1. The number of benzene rings is 3. The SMILES string of the molecule is CCC(C(=O)N(CC(=O)N1c2ccccc2-n2cccc2C1c1ccc(OC)cc1)C(C)C)c1ccccc1. The van der Waals surface area contributed by atoms with Crippen LogP contribution in [-0.4, -0.2) is 41.0 Å². The normalized spacial score (nSPS) is 14.9. The van der Waals surface area contributed by atoms with E-state index in [0.29, 0.717) is 6.42 Å². The summed E-state index contributed by atoms with van der Waals surface area (Å²) in [6.07, 6.45) is 2.69. The smallest absolute Gasteiger partial charge is 0.247 e. The molecule has 1 aliphatic heterocycles. The van der Waals surface area contributed by atoms with Gasteiger partial charge in [-0.2, -0.15) is 0 Å². The Balaban J connectivity index is 1.54. The highest BCUT2D eigenvalue weighted by Gasteiger charge is 2.38. The molecule has 0 fully saturated rings. The van der Waals surface area contributed by atoms with Crippen LogP contribution in [-0.2, 0) is 9.59 Å². The predicted octanol–water partition coefficient (Wildman–Crippen LogP) is 6.35. The summed E-state index contributed by atoms with van der Waals surface area (Å²) >= 11 is 0. The minimum atomic E-state index is -0.353. The quantitative estimate of drug-likeness (QED) is 0.271. The number of para-hydroxylation sites is 2. The molecule has 6 heteroatoms. The van der Waals surface area contributed by atoms with Gasteiger partial charge in [0.25, 0.3) is 0 Å². The molecule has 0 radical (unpaired) electrons. The van der Waals surface area contributed by atoms with E-state index in [1.54, 1.807) is 12.0 Å². The van der Waals surface area contributed by atoms with Gasteiger partial charge in [0.15, 0.2) is 0 Å². The first-order valence-electron chi connectivity index (χ1n) is 13.5. The van der Waals surface area contributed by atoms with Gasteiger partial charge >= 0.3 is 0 Å². The molecule has 5 rings (SSSR count). The summed E-state index contributed by atoms with van der Waals surface area (Å²) < 4.78 is 7.53. The molecule has 0 saturated heterocycles. The summed E-state index contributed by atoms with van der Waals surface area (Å²) in [4.78, 5) is 31.8. The lowest BCUT2D eigenvalue weighted by Crippen LogP contribution is -2.49. The fraction of sp³-hybridized carbons (Fsp3) is 0.273. The summed E-state index contributed by atoms with van der Waals surface area (Å²) in [5, 5.41) is 0. The van der Waals surface area contributed by atoms with Gasteiger partial charge in [0, 0.05) is 12.2 Å². The lowest BCUT2D eigenvalue weighted by molar-refractivity contribution is -0.138. The van der Waals surface area contributed by atoms with Crippen molar-refractivity contribution in [1.82, 2.24) is 9.47 Å². The first-order valence-corrected chi connectivity index (χ1v) is 13.5. The van der Waals surface area contributed by atoms with Gasteiger partial charge in [-0.15, -0.1) is 0 Å². The van der Waals surface area contributed by atoms with Gasteiger partial charge in [-0.05, 0) is 67.8 Å². The second kappa shape index (κ2) is 11.2. The van der Waals surface area contributed by atoms with Gasteiger partial charge in [-0.1, -0.05) is 61.5 Å². The number of carbonyl (C=O) groups excluding carboxylic acids is 2. The van der Waals surface area contributed by atoms with E-state index < -0.39 is 0 Å². The number of anilines is 1. The molecule has 0 spiro atoms. The third kappa shape index (κ3) is 4.94. The van der Waals surface area contributed by atoms with Crippen LogP contribution in [0.25, 0.3) is 5.69 Å². The van der Waals surface area contributed by atoms with Gasteiger partial charge < -0.3 is 14.2 Å². The summed E-state index contributed by atoms with van der Waals surface area (Å²) in [6.45, 7) is 5.95. The summed E-state index contributed by atoms with van der Waals surface area (Å²) in [6, 6.07) is 29.2. The molecule has 1 aliphatic rings. The molecule has 0 saturated carbocycles. The third-order valence-electron chi connectivity index (χ3n) is 7.54. The molecule has 4 aromatic rings. The van der Waals surface area contributed by atoms with E-state index in [1.807, 2.05) is 117 Å². The molecular weight excluding hydrogens is 486 g/mol. The number of hydrogen-bond acceptors (Lipinski definition) is 3. The van der Waals surface area contributed by atoms with Crippen LogP contribution < -0.4 is 9.64 Å². The van der Waals surface area contributed by atoms with Crippen LogP contribution in [0.5, 0.6) is 5.75 Å². The molecule has 2 unspecified atom stereocenters. The molecule has 2 amide bonds. The number of nitrogens with zero attached hydrogens (tertiary/aromatic N) is 3. The molecular formula is C33H35N3O3. The molecule has 1 aromatic heterocycles. The van der Waals surface area contributed by atoms with E-state index in [1.165, 1.54) is 0 Å². The zero-order valence-corrected chi connectivity index (χ0v) is 23.0. The van der Waals surface area contributed by atoms with Gasteiger partial charge in [0.1, 0.15) is 18.3 Å². The highest BCUT2D eigenvalue weighted by atomic mass is 16.5. The summed E-state index contributed by atoms with van der Waals surface area (Å²) in [5.41, 5.74) is 4.69. The molecule has 0 bridgehead atoms. The fourth-order valence-electron chi connectivity index (χ4n) is 5.54. The first kappa shape index (κ1) is 26.3. The van der Waals surface area contributed by atoms with Crippen LogP contribution in [0.2, 0.25) is 0 Å². The van der Waals surface area contributed by atoms with E-state index in [9.17, 15) is 9.59 Å². The Bertz CT molecular complexity index is 1440. The average Bonchev–Trinajstić information content (AvgIpc) is 3.46. The van der Waals surface area contributed by atoms with Crippen molar-refractivity contribution < 1.29 is 14.3 Å². The van der Waals surface area contributed by atoms with Crippen LogP contribution in [0, 0.1) is 0 Å². The van der Waals surface area contributed by atoms with Gasteiger partial charge in [0.05, 0.1) is 30.1 Å². The van der Waals surface area contributed by atoms with E-state index in [2.05, 4.69) is 10.6 Å². The van der Waals surface area contributed by atoms with Crippen LogP contribution >= 0.6 is 0 Å². The maximum atomic E-state index is 14.4. The zero-order valence-electron chi connectivity index (χ0n) is 23.0. The predicted molar refractivity (Wildman–Crippen MR) is 154 cm³/mol. The third-order valence-corrected chi connectivity index (χ3v) is 7.54. The van der Waals surface area contributed by atoms with Crippen molar-refractivity contribution in [2.45, 2.75) is 45.2 Å². The van der Waals surface area contributed by atoms with E-state index in [0.717, 1.165) is 33.9 Å². The first-order chi connectivity index (χ1) is 18.9. The summed E-state index contributed by atoms with van der Waals surface area (Å²) in [7, 11) is 1.64. The molecule has 2 heterocycles. The molecule has 6 nitrogen and oxygen atoms in total. The Morgan fingerprint density at radius 3 is 2.18 bits per heavy atom. The number of amides is 2. The Kier molecular flexibility index (Phi) is 7.55. The van der Waals surface area contributed by atoms with Crippen molar-refractivity contribution >= 4 is 17.5 Å². The number of rotatable bonds is 8. The monoisotopic (exact) mass is 521 g/mol. The van der Waals surface area contributed by atoms with Crippen molar-refractivity contribution in [1.29, 1.82) is 0 Å². The summed E-state index contributed by atoms with van der Waals surface area (Å²) in [5.74, 6) is 0.304. The Labute approximate surface area is 230 Å². The Hall–Kier alpha value is -4.32. The largest absolute Gasteiger partial charge is 0.497 e. The van der Waals surface area contributed by atoms with Gasteiger partial charge in [-0.25, -0.2) is 0 Å². The van der Waals surface area contributed by atoms with Crippen LogP contribution in [0.1, 0.15) is 56.0 Å². The number of hydrogen-bond donors (Lipinski definition) is 0. The second-order valence-electron chi connectivity index (χ2n) is 10.2. The molecule has 0 N–H and O–H groups in total. The molecule has 2 atom stereocenters. The number of ether oxygens (including phenoxy) is 1. The maximum Gasteiger partial charge on any atom is 0.247 e. The van der Waals surface area contributed by atoms with Crippen LogP contribution in [0.4, 0.5) is 5.69 Å². The highest BCUT2D eigenvalue weighted by molar-refractivity contribution is 6.01. The number of fused-ring (bicyclic) bond motifs is 3.